The van der Waals surface area contributed by atoms with Gasteiger partial charge in [0.05, 0.1) is 11.4 Å². The highest BCUT2D eigenvalue weighted by molar-refractivity contribution is 5.30. The number of aliphatic hydroxyl groups is 1. The van der Waals surface area contributed by atoms with Gasteiger partial charge >= 0.3 is 0 Å². The van der Waals surface area contributed by atoms with Crippen LogP contribution in [0.3, 0.4) is 0 Å². The van der Waals surface area contributed by atoms with Crippen molar-refractivity contribution in [3.63, 3.8) is 0 Å². The van der Waals surface area contributed by atoms with Crippen LogP contribution in [0, 0.1) is 0 Å². The average molecular weight is 259 g/mol. The van der Waals surface area contributed by atoms with Crippen LogP contribution in [0.5, 0.6) is 0 Å². The summed E-state index contributed by atoms with van der Waals surface area (Å²) in [7, 11) is 0. The molecule has 0 aliphatic rings. The first-order valence-corrected chi connectivity index (χ1v) is 6.76. The van der Waals surface area contributed by atoms with Crippen molar-refractivity contribution in [1.82, 2.24) is 14.7 Å². The molecule has 4 nitrogen and oxygen atoms in total. The Bertz CT molecular complexity index is 481. The quantitative estimate of drug-likeness (QED) is 0.827. The number of aliphatic hydroxyl groups excluding tert-OH is 1. The lowest BCUT2D eigenvalue weighted by Crippen LogP contribution is -2.25. The van der Waals surface area contributed by atoms with Crippen LogP contribution in [0.1, 0.15) is 19.0 Å². The number of aromatic nitrogens is 2. The molecule has 1 aromatic heterocycles. The van der Waals surface area contributed by atoms with Crippen molar-refractivity contribution in [3.8, 4) is 5.69 Å². The second-order valence-corrected chi connectivity index (χ2v) is 4.53. The molecule has 0 aliphatic heterocycles. The zero-order valence-electron chi connectivity index (χ0n) is 11.4. The molecule has 0 bridgehead atoms. The van der Waals surface area contributed by atoms with Gasteiger partial charge in [-0.25, -0.2) is 4.68 Å². The molecule has 2 aromatic rings. The van der Waals surface area contributed by atoms with E-state index >= 15 is 0 Å². The van der Waals surface area contributed by atoms with Crippen LogP contribution in [0.25, 0.3) is 5.69 Å². The highest BCUT2D eigenvalue weighted by Gasteiger charge is 2.06. The van der Waals surface area contributed by atoms with Gasteiger partial charge in [-0.2, -0.15) is 5.10 Å². The van der Waals surface area contributed by atoms with Gasteiger partial charge in [0.25, 0.3) is 0 Å². The van der Waals surface area contributed by atoms with Gasteiger partial charge in [0, 0.05) is 25.9 Å². The Morgan fingerprint density at radius 3 is 2.68 bits per heavy atom. The van der Waals surface area contributed by atoms with Gasteiger partial charge in [-0.3, -0.25) is 4.90 Å². The predicted octanol–water partition coefficient (Wildman–Crippen LogP) is 2.08. The molecule has 1 heterocycles. The van der Waals surface area contributed by atoms with E-state index in [9.17, 15) is 0 Å². The lowest BCUT2D eigenvalue weighted by atomic mass is 10.3. The minimum Gasteiger partial charge on any atom is -0.396 e. The minimum atomic E-state index is 0.245. The molecule has 1 N–H and O–H groups in total. The molecule has 102 valence electrons. The lowest BCUT2D eigenvalue weighted by Gasteiger charge is -2.18. The number of nitrogens with zero attached hydrogens (tertiary/aromatic N) is 3. The van der Waals surface area contributed by atoms with Crippen LogP contribution in [0.4, 0.5) is 0 Å². The molecular formula is C15H21N3O. The third kappa shape index (κ3) is 3.91. The van der Waals surface area contributed by atoms with Crippen molar-refractivity contribution >= 4 is 0 Å². The molecule has 2 rings (SSSR count). The van der Waals surface area contributed by atoms with Gasteiger partial charge in [-0.05, 0) is 31.2 Å². The molecule has 0 amide bonds. The summed E-state index contributed by atoms with van der Waals surface area (Å²) in [6.45, 7) is 5.08. The predicted molar refractivity (Wildman–Crippen MR) is 76.2 cm³/mol. The number of benzene rings is 1. The summed E-state index contributed by atoms with van der Waals surface area (Å²) in [5.74, 6) is 0. The number of hydrogen-bond donors (Lipinski definition) is 1. The molecule has 4 heteroatoms. The molecule has 0 aliphatic carbocycles. The van der Waals surface area contributed by atoms with Crippen molar-refractivity contribution < 1.29 is 5.11 Å². The third-order valence-electron chi connectivity index (χ3n) is 3.13. The largest absolute Gasteiger partial charge is 0.396 e. The van der Waals surface area contributed by atoms with Crippen molar-refractivity contribution in [2.24, 2.45) is 0 Å². The van der Waals surface area contributed by atoms with Crippen molar-refractivity contribution in [2.45, 2.75) is 19.9 Å². The maximum Gasteiger partial charge on any atom is 0.0769 e. The molecule has 0 saturated carbocycles. The molecule has 0 radical (unpaired) electrons. The van der Waals surface area contributed by atoms with Gasteiger partial charge in [0.15, 0.2) is 0 Å². The lowest BCUT2D eigenvalue weighted by molar-refractivity contribution is 0.223. The SMILES string of the molecule is CCN(CCCO)Cc1ccn(-c2ccccc2)n1. The average Bonchev–Trinajstić information content (AvgIpc) is 2.93. The zero-order valence-corrected chi connectivity index (χ0v) is 11.4. The Balaban J connectivity index is 2.01. The van der Waals surface area contributed by atoms with Crippen LogP contribution in [0.2, 0.25) is 0 Å². The normalized spacial score (nSPS) is 11.1. The fourth-order valence-corrected chi connectivity index (χ4v) is 2.04. The minimum absolute atomic E-state index is 0.245. The molecule has 1 aromatic carbocycles. The summed E-state index contributed by atoms with van der Waals surface area (Å²) in [5, 5.41) is 13.5. The Morgan fingerprint density at radius 2 is 2.00 bits per heavy atom. The van der Waals surface area contributed by atoms with E-state index in [1.165, 1.54) is 0 Å². The highest BCUT2D eigenvalue weighted by Crippen LogP contribution is 2.08. The van der Waals surface area contributed by atoms with E-state index in [1.54, 1.807) is 0 Å². The molecule has 0 saturated heterocycles. The van der Waals surface area contributed by atoms with Crippen LogP contribution >= 0.6 is 0 Å². The van der Waals surface area contributed by atoms with E-state index in [1.807, 2.05) is 41.2 Å². The van der Waals surface area contributed by atoms with E-state index in [0.717, 1.165) is 37.4 Å². The van der Waals surface area contributed by atoms with E-state index in [2.05, 4.69) is 23.0 Å². The first kappa shape index (κ1) is 13.8. The van der Waals surface area contributed by atoms with E-state index in [4.69, 9.17) is 5.11 Å². The fourth-order valence-electron chi connectivity index (χ4n) is 2.04. The molecule has 0 atom stereocenters. The second-order valence-electron chi connectivity index (χ2n) is 4.53. The monoisotopic (exact) mass is 259 g/mol. The smallest absolute Gasteiger partial charge is 0.0769 e. The second kappa shape index (κ2) is 7.07. The zero-order chi connectivity index (χ0) is 13.5. The maximum atomic E-state index is 8.88. The van der Waals surface area contributed by atoms with Gasteiger partial charge in [-0.15, -0.1) is 0 Å². The van der Waals surface area contributed by atoms with E-state index in [0.29, 0.717) is 0 Å². The van der Waals surface area contributed by atoms with Crippen LogP contribution in [-0.2, 0) is 6.54 Å². The number of hydrogen-bond acceptors (Lipinski definition) is 3. The summed E-state index contributed by atoms with van der Waals surface area (Å²) in [5.41, 5.74) is 2.13. The molecule has 0 fully saturated rings. The molecule has 19 heavy (non-hydrogen) atoms. The Labute approximate surface area is 114 Å². The molecule has 0 unspecified atom stereocenters. The van der Waals surface area contributed by atoms with Gasteiger partial charge in [0.1, 0.15) is 0 Å². The summed E-state index contributed by atoms with van der Waals surface area (Å²) < 4.78 is 1.90. The Hall–Kier alpha value is -1.65. The van der Waals surface area contributed by atoms with Gasteiger partial charge in [0.2, 0.25) is 0 Å². The Kier molecular flexibility index (Phi) is 5.12. The van der Waals surface area contributed by atoms with E-state index in [-0.39, 0.29) is 6.61 Å². The summed E-state index contributed by atoms with van der Waals surface area (Å²) in [6.07, 6.45) is 2.80. The number of rotatable bonds is 7. The van der Waals surface area contributed by atoms with Crippen molar-refractivity contribution in [3.05, 3.63) is 48.3 Å². The summed E-state index contributed by atoms with van der Waals surface area (Å²) >= 11 is 0. The Morgan fingerprint density at radius 1 is 1.21 bits per heavy atom. The fraction of sp³-hybridized carbons (Fsp3) is 0.400. The first-order chi connectivity index (χ1) is 9.33. The van der Waals surface area contributed by atoms with Crippen molar-refractivity contribution in [2.75, 3.05) is 19.7 Å². The van der Waals surface area contributed by atoms with Crippen LogP contribution < -0.4 is 0 Å². The third-order valence-corrected chi connectivity index (χ3v) is 3.13. The molecular weight excluding hydrogens is 238 g/mol. The first-order valence-electron chi connectivity index (χ1n) is 6.76. The standard InChI is InChI=1S/C15H21N3O/c1-2-17(10-6-12-19)13-14-9-11-18(16-14)15-7-4-3-5-8-15/h3-5,7-9,11,19H,2,6,10,12-13H2,1H3. The topological polar surface area (TPSA) is 41.3 Å². The van der Waals surface area contributed by atoms with E-state index < -0.39 is 0 Å². The van der Waals surface area contributed by atoms with Gasteiger partial charge < -0.3 is 5.11 Å². The van der Waals surface area contributed by atoms with Gasteiger partial charge in [-0.1, -0.05) is 25.1 Å². The summed E-state index contributed by atoms with van der Waals surface area (Å²) in [4.78, 5) is 2.29. The van der Waals surface area contributed by atoms with Crippen LogP contribution in [-0.4, -0.2) is 39.5 Å². The summed E-state index contributed by atoms with van der Waals surface area (Å²) in [6, 6.07) is 12.2. The van der Waals surface area contributed by atoms with Crippen LogP contribution in [0.15, 0.2) is 42.6 Å². The highest BCUT2D eigenvalue weighted by atomic mass is 16.3. The number of para-hydroxylation sites is 1. The maximum absolute atomic E-state index is 8.88. The molecule has 0 spiro atoms. The van der Waals surface area contributed by atoms with Crippen molar-refractivity contribution in [1.29, 1.82) is 0 Å².